The monoisotopic (exact) mass is 427 g/mol. The molecule has 1 saturated carbocycles. The number of carboxylic acid groups (broad SMARTS) is 1. The van der Waals surface area contributed by atoms with Crippen LogP contribution >= 0.6 is 0 Å². The molecule has 0 radical (unpaired) electrons. The van der Waals surface area contributed by atoms with Gasteiger partial charge in [0.2, 0.25) is 0 Å². The zero-order valence-corrected chi connectivity index (χ0v) is 17.4. The van der Waals surface area contributed by atoms with Gasteiger partial charge in [-0.2, -0.15) is 0 Å². The van der Waals surface area contributed by atoms with E-state index in [2.05, 4.69) is 0 Å². The van der Waals surface area contributed by atoms with Gasteiger partial charge in [-0.3, -0.25) is 9.59 Å². The van der Waals surface area contributed by atoms with Crippen LogP contribution in [-0.4, -0.2) is 47.4 Å². The first-order valence-corrected chi connectivity index (χ1v) is 10.5. The summed E-state index contributed by atoms with van der Waals surface area (Å²) in [5.74, 6) is -1.25. The number of fused-ring (bicyclic) bond motifs is 1. The highest BCUT2D eigenvalue weighted by Crippen LogP contribution is 2.43. The lowest BCUT2D eigenvalue weighted by molar-refractivity contribution is -0.138. The second kappa shape index (κ2) is 10.3. The number of hydrogen-bond donors (Lipinski definition) is 3. The van der Waals surface area contributed by atoms with Crippen molar-refractivity contribution in [2.24, 2.45) is 17.6 Å². The molecule has 0 amide bonds. The predicted molar refractivity (Wildman–Crippen MR) is 116 cm³/mol. The fourth-order valence-corrected chi connectivity index (χ4v) is 4.13. The zero-order valence-electron chi connectivity index (χ0n) is 17.4. The second-order valence-corrected chi connectivity index (χ2v) is 8.10. The van der Waals surface area contributed by atoms with Gasteiger partial charge >= 0.3 is 11.9 Å². The summed E-state index contributed by atoms with van der Waals surface area (Å²) in [6.07, 6.45) is 8.35. The van der Waals surface area contributed by atoms with E-state index in [0.29, 0.717) is 30.6 Å². The Balaban J connectivity index is 1.57. The standard InChI is InChI=1S/C23H29N3O5/c24-18-7-4-15(5-8-18)23(30)31-14-16-6-9-19-17(13-27)11-26(12-20(16)19)10-2-1-3-21(25)22(28)29/h4-5,7-8,11-13,16,19,21H,1-3,6,9-10,14,24-25H2,(H,28,29). The van der Waals surface area contributed by atoms with E-state index in [1.54, 1.807) is 24.3 Å². The van der Waals surface area contributed by atoms with Crippen LogP contribution in [0.2, 0.25) is 0 Å². The number of carbonyl (C=O) groups is 3. The van der Waals surface area contributed by atoms with Crippen molar-refractivity contribution < 1.29 is 24.2 Å². The van der Waals surface area contributed by atoms with Gasteiger partial charge in [0.05, 0.1) is 12.2 Å². The number of ether oxygens (including phenoxy) is 1. The fourth-order valence-electron chi connectivity index (χ4n) is 4.13. The topological polar surface area (TPSA) is 136 Å². The molecule has 0 saturated heterocycles. The summed E-state index contributed by atoms with van der Waals surface area (Å²) in [6, 6.07) is 5.75. The van der Waals surface area contributed by atoms with Gasteiger partial charge in [-0.05, 0) is 61.9 Å². The molecule has 1 aliphatic heterocycles. The largest absolute Gasteiger partial charge is 0.480 e. The van der Waals surface area contributed by atoms with Crippen LogP contribution < -0.4 is 11.5 Å². The molecule has 1 fully saturated rings. The summed E-state index contributed by atoms with van der Waals surface area (Å²) in [5.41, 5.74) is 14.1. The van der Waals surface area contributed by atoms with Gasteiger partial charge in [-0.1, -0.05) is 0 Å². The molecule has 1 aliphatic carbocycles. The minimum Gasteiger partial charge on any atom is -0.480 e. The quantitative estimate of drug-likeness (QED) is 0.224. The Hall–Kier alpha value is -3.13. The van der Waals surface area contributed by atoms with Gasteiger partial charge in [-0.15, -0.1) is 0 Å². The Morgan fingerprint density at radius 1 is 1.19 bits per heavy atom. The van der Waals surface area contributed by atoms with Crippen LogP contribution in [0.5, 0.6) is 0 Å². The number of aliphatic carboxylic acids is 1. The van der Waals surface area contributed by atoms with Crippen LogP contribution in [0.15, 0.2) is 47.8 Å². The Morgan fingerprint density at radius 3 is 2.61 bits per heavy atom. The Labute approximate surface area is 181 Å². The summed E-state index contributed by atoms with van der Waals surface area (Å²) in [5, 5.41) is 8.87. The molecule has 5 N–H and O–H groups in total. The van der Waals surface area contributed by atoms with E-state index >= 15 is 0 Å². The van der Waals surface area contributed by atoms with Crippen LogP contribution in [0.3, 0.4) is 0 Å². The van der Waals surface area contributed by atoms with Gasteiger partial charge in [0.15, 0.2) is 0 Å². The SMILES string of the molecule is Nc1ccc(C(=O)OCC2CCC3C(C=O)=CN(CCCCC(N)C(=O)O)C=C23)cc1. The molecular formula is C23H29N3O5. The number of unbranched alkanes of at least 4 members (excludes halogenated alkanes) is 1. The highest BCUT2D eigenvalue weighted by Gasteiger charge is 2.36. The smallest absolute Gasteiger partial charge is 0.338 e. The molecule has 3 unspecified atom stereocenters. The predicted octanol–water partition coefficient (Wildman–Crippen LogP) is 2.32. The first kappa shape index (κ1) is 22.6. The molecule has 0 aromatic heterocycles. The van der Waals surface area contributed by atoms with Crippen LogP contribution in [0, 0.1) is 11.8 Å². The van der Waals surface area contributed by atoms with E-state index in [0.717, 1.165) is 36.7 Å². The number of nitrogens with two attached hydrogens (primary N) is 2. The van der Waals surface area contributed by atoms with Crippen LogP contribution in [0.4, 0.5) is 5.69 Å². The fraction of sp³-hybridized carbons (Fsp3) is 0.435. The number of anilines is 1. The van der Waals surface area contributed by atoms with Crippen molar-refractivity contribution in [1.29, 1.82) is 0 Å². The molecule has 1 aromatic carbocycles. The summed E-state index contributed by atoms with van der Waals surface area (Å²) in [6.45, 7) is 0.927. The zero-order chi connectivity index (χ0) is 22.4. The maximum absolute atomic E-state index is 12.3. The summed E-state index contributed by atoms with van der Waals surface area (Å²) in [4.78, 5) is 36.7. The minimum absolute atomic E-state index is 0.0642. The molecule has 8 nitrogen and oxygen atoms in total. The third-order valence-corrected chi connectivity index (χ3v) is 5.91. The normalized spacial score (nSPS) is 21.0. The third kappa shape index (κ3) is 5.73. The van der Waals surface area contributed by atoms with E-state index in [1.807, 2.05) is 17.3 Å². The van der Waals surface area contributed by atoms with Crippen LogP contribution in [0.25, 0.3) is 0 Å². The molecule has 2 aliphatic rings. The van der Waals surface area contributed by atoms with Crippen molar-refractivity contribution in [3.05, 3.63) is 53.4 Å². The van der Waals surface area contributed by atoms with Gasteiger partial charge < -0.3 is 26.2 Å². The van der Waals surface area contributed by atoms with Crippen molar-refractivity contribution in [3.63, 3.8) is 0 Å². The van der Waals surface area contributed by atoms with Crippen molar-refractivity contribution in [1.82, 2.24) is 4.90 Å². The van der Waals surface area contributed by atoms with Crippen LogP contribution in [0.1, 0.15) is 42.5 Å². The first-order valence-electron chi connectivity index (χ1n) is 10.5. The molecule has 0 spiro atoms. The lowest BCUT2D eigenvalue weighted by Gasteiger charge is -2.28. The lowest BCUT2D eigenvalue weighted by atomic mass is 9.90. The molecular weight excluding hydrogens is 398 g/mol. The summed E-state index contributed by atoms with van der Waals surface area (Å²) >= 11 is 0. The molecule has 1 aromatic rings. The number of hydrogen-bond acceptors (Lipinski definition) is 7. The average Bonchev–Trinajstić information content (AvgIpc) is 3.17. The van der Waals surface area contributed by atoms with E-state index in [4.69, 9.17) is 21.3 Å². The van der Waals surface area contributed by atoms with Crippen LogP contribution in [-0.2, 0) is 14.3 Å². The number of nitrogens with zero attached hydrogens (tertiary/aromatic N) is 1. The molecule has 1 heterocycles. The highest BCUT2D eigenvalue weighted by atomic mass is 16.5. The lowest BCUT2D eigenvalue weighted by Crippen LogP contribution is -2.30. The van der Waals surface area contributed by atoms with E-state index in [-0.39, 0.29) is 18.4 Å². The third-order valence-electron chi connectivity index (χ3n) is 5.91. The molecule has 31 heavy (non-hydrogen) atoms. The molecule has 0 bridgehead atoms. The molecule has 166 valence electrons. The number of allylic oxidation sites excluding steroid dienone is 1. The van der Waals surface area contributed by atoms with Gasteiger partial charge in [0, 0.05) is 42.0 Å². The highest BCUT2D eigenvalue weighted by molar-refractivity contribution is 5.89. The Kier molecular flexibility index (Phi) is 7.46. The maximum atomic E-state index is 12.3. The van der Waals surface area contributed by atoms with E-state index in [9.17, 15) is 14.4 Å². The number of esters is 1. The van der Waals surface area contributed by atoms with E-state index < -0.39 is 18.0 Å². The number of benzene rings is 1. The van der Waals surface area contributed by atoms with Crippen molar-refractivity contribution in [3.8, 4) is 0 Å². The number of rotatable bonds is 10. The van der Waals surface area contributed by atoms with Gasteiger partial charge in [0.25, 0.3) is 0 Å². The number of carboxylic acids is 1. The number of carbonyl (C=O) groups excluding carboxylic acids is 2. The first-order chi connectivity index (χ1) is 14.9. The number of nitrogen functional groups attached to an aromatic ring is 1. The molecule has 3 rings (SSSR count). The Morgan fingerprint density at radius 2 is 1.94 bits per heavy atom. The second-order valence-electron chi connectivity index (χ2n) is 8.10. The number of aldehydes is 1. The van der Waals surface area contributed by atoms with Gasteiger partial charge in [0.1, 0.15) is 12.3 Å². The van der Waals surface area contributed by atoms with E-state index in [1.165, 1.54) is 0 Å². The van der Waals surface area contributed by atoms with Gasteiger partial charge in [-0.25, -0.2) is 4.79 Å². The molecule has 3 atom stereocenters. The van der Waals surface area contributed by atoms with Crippen molar-refractivity contribution in [2.45, 2.75) is 38.1 Å². The molecule has 8 heteroatoms. The minimum atomic E-state index is -0.992. The summed E-state index contributed by atoms with van der Waals surface area (Å²) < 4.78 is 5.54. The Bertz CT molecular complexity index is 878. The van der Waals surface area contributed by atoms with Crippen molar-refractivity contribution >= 4 is 23.9 Å². The summed E-state index contributed by atoms with van der Waals surface area (Å²) in [7, 11) is 0. The van der Waals surface area contributed by atoms with Crippen molar-refractivity contribution in [2.75, 3.05) is 18.9 Å². The average molecular weight is 428 g/mol. The maximum Gasteiger partial charge on any atom is 0.338 e.